The summed E-state index contributed by atoms with van der Waals surface area (Å²) in [5.74, 6) is 0. The van der Waals surface area contributed by atoms with Gasteiger partial charge in [-0.05, 0) is 47.9 Å². The largest absolute Gasteiger partial charge is 0.0616 e. The molecule has 0 N–H and O–H groups in total. The van der Waals surface area contributed by atoms with Crippen LogP contribution < -0.4 is 15.9 Å². The number of hydrogen-bond donors (Lipinski definition) is 0. The Labute approximate surface area is 126 Å². The Morgan fingerprint density at radius 1 is 0.619 bits per heavy atom. The summed E-state index contributed by atoms with van der Waals surface area (Å²) in [5.41, 5.74) is 4.17. The molecule has 0 nitrogen and oxygen atoms in total. The maximum Gasteiger partial charge on any atom is -0.00975 e. The number of benzene rings is 3. The maximum absolute atomic E-state index is 2.46. The second-order valence-electron chi connectivity index (χ2n) is 5.88. The molecule has 0 amide bonds. The highest BCUT2D eigenvalue weighted by atomic mass is 31.2. The molecule has 21 heavy (non-hydrogen) atoms. The van der Waals surface area contributed by atoms with Crippen molar-refractivity contribution in [3.05, 3.63) is 78.4 Å². The zero-order chi connectivity index (χ0) is 14.4. The van der Waals surface area contributed by atoms with Crippen molar-refractivity contribution in [3.63, 3.8) is 0 Å². The molecular weight excluding hydrogens is 271 g/mol. The van der Waals surface area contributed by atoms with Gasteiger partial charge in [0, 0.05) is 0 Å². The molecule has 0 fully saturated rings. The van der Waals surface area contributed by atoms with E-state index in [0.717, 1.165) is 0 Å². The normalized spacial score (nSPS) is 14.6. The Morgan fingerprint density at radius 3 is 1.62 bits per heavy atom. The average Bonchev–Trinajstić information content (AvgIpc) is 2.80. The highest BCUT2D eigenvalue weighted by Gasteiger charge is 2.38. The van der Waals surface area contributed by atoms with Crippen LogP contribution in [0.1, 0.15) is 5.56 Å². The van der Waals surface area contributed by atoms with Crippen molar-refractivity contribution in [2.24, 2.45) is 0 Å². The van der Waals surface area contributed by atoms with Crippen LogP contribution in [0.15, 0.2) is 72.8 Å². The molecule has 1 radical (unpaired) electrons. The zero-order valence-electron chi connectivity index (χ0n) is 12.4. The van der Waals surface area contributed by atoms with Crippen LogP contribution in [0.2, 0.25) is 0 Å². The van der Waals surface area contributed by atoms with Gasteiger partial charge in [-0.3, -0.25) is 0 Å². The molecule has 1 aliphatic rings. The first kappa shape index (κ1) is 12.8. The number of fused-ring (bicyclic) bond motifs is 3. The third-order valence-electron chi connectivity index (χ3n) is 4.61. The van der Waals surface area contributed by atoms with Gasteiger partial charge in [0.1, 0.15) is 0 Å². The molecule has 0 saturated heterocycles. The Hall–Kier alpha value is -1.91. The minimum atomic E-state index is -1.47. The standard InChI is InChI=1S/C20H18P/c1-15-11-13-16(14-12-15)21(2)19-9-5-3-7-17(19)18-8-4-6-10-20(18)21/h3-14H,1-2H3. The third-order valence-corrected chi connectivity index (χ3v) is 8.65. The van der Waals surface area contributed by atoms with Crippen LogP contribution in [-0.4, -0.2) is 6.66 Å². The first-order valence-corrected chi connectivity index (χ1v) is 9.58. The lowest BCUT2D eigenvalue weighted by molar-refractivity contribution is 1.49. The Kier molecular flexibility index (Phi) is 2.77. The smallest absolute Gasteiger partial charge is 0.00975 e. The molecule has 0 atom stereocenters. The van der Waals surface area contributed by atoms with Crippen molar-refractivity contribution in [2.45, 2.75) is 6.92 Å². The van der Waals surface area contributed by atoms with Crippen molar-refractivity contribution < 1.29 is 0 Å². The number of aryl methyl sites for hydroxylation is 1. The summed E-state index contributed by atoms with van der Waals surface area (Å²) < 4.78 is 0. The molecule has 1 heterocycles. The Bertz CT molecular complexity index is 770. The summed E-state index contributed by atoms with van der Waals surface area (Å²) in [4.78, 5) is 0. The first-order chi connectivity index (χ1) is 10.2. The fraction of sp³-hybridized carbons (Fsp3) is 0.100. The second kappa shape index (κ2) is 4.55. The van der Waals surface area contributed by atoms with Crippen LogP contribution in [-0.2, 0) is 0 Å². The quantitative estimate of drug-likeness (QED) is 0.596. The molecule has 4 rings (SSSR count). The van der Waals surface area contributed by atoms with Gasteiger partial charge in [0.05, 0.1) is 0 Å². The van der Waals surface area contributed by atoms with Crippen LogP contribution in [0.5, 0.6) is 0 Å². The molecule has 3 aromatic rings. The molecule has 0 aromatic heterocycles. The zero-order valence-corrected chi connectivity index (χ0v) is 13.3. The summed E-state index contributed by atoms with van der Waals surface area (Å²) in [5, 5.41) is 4.52. The Balaban J connectivity index is 2.06. The van der Waals surface area contributed by atoms with Crippen molar-refractivity contribution in [1.29, 1.82) is 0 Å². The SMILES string of the molecule is Cc1ccc([P]2(C)c3ccccc3-c3ccccc32)cc1. The Morgan fingerprint density at radius 2 is 1.10 bits per heavy atom. The van der Waals surface area contributed by atoms with Gasteiger partial charge in [-0.1, -0.05) is 78.4 Å². The minimum Gasteiger partial charge on any atom is -0.0616 e. The van der Waals surface area contributed by atoms with E-state index < -0.39 is 7.26 Å². The van der Waals surface area contributed by atoms with E-state index in [0.29, 0.717) is 0 Å². The summed E-state index contributed by atoms with van der Waals surface area (Å²) >= 11 is 0. The minimum absolute atomic E-state index is 1.33. The van der Waals surface area contributed by atoms with Crippen molar-refractivity contribution in [2.75, 3.05) is 6.66 Å². The molecule has 103 valence electrons. The fourth-order valence-electron chi connectivity index (χ4n) is 3.43. The van der Waals surface area contributed by atoms with E-state index in [1.807, 2.05) is 0 Å². The number of rotatable bonds is 1. The molecule has 0 bridgehead atoms. The molecule has 0 aliphatic carbocycles. The molecule has 0 saturated carbocycles. The van der Waals surface area contributed by atoms with E-state index in [1.165, 1.54) is 32.6 Å². The van der Waals surface area contributed by atoms with Gasteiger partial charge in [-0.25, -0.2) is 0 Å². The van der Waals surface area contributed by atoms with Crippen LogP contribution >= 0.6 is 7.26 Å². The maximum atomic E-state index is 2.46. The van der Waals surface area contributed by atoms with Crippen molar-refractivity contribution >= 4 is 23.2 Å². The van der Waals surface area contributed by atoms with E-state index >= 15 is 0 Å². The molecule has 0 unspecified atom stereocenters. The molecule has 1 heteroatoms. The predicted molar refractivity (Wildman–Crippen MR) is 94.8 cm³/mol. The summed E-state index contributed by atoms with van der Waals surface area (Å²) in [7, 11) is -1.47. The average molecular weight is 289 g/mol. The highest BCUT2D eigenvalue weighted by Crippen LogP contribution is 2.59. The van der Waals surface area contributed by atoms with E-state index in [4.69, 9.17) is 0 Å². The fourth-order valence-corrected chi connectivity index (χ4v) is 7.12. The van der Waals surface area contributed by atoms with Gasteiger partial charge in [0.2, 0.25) is 0 Å². The first-order valence-electron chi connectivity index (χ1n) is 7.34. The van der Waals surface area contributed by atoms with Gasteiger partial charge in [-0.2, -0.15) is 0 Å². The predicted octanol–water partition coefficient (Wildman–Crippen LogP) is 3.90. The summed E-state index contributed by atoms with van der Waals surface area (Å²) in [6, 6.07) is 27.0. The van der Waals surface area contributed by atoms with Gasteiger partial charge >= 0.3 is 0 Å². The summed E-state index contributed by atoms with van der Waals surface area (Å²) in [6.45, 7) is 4.61. The van der Waals surface area contributed by atoms with Crippen molar-refractivity contribution in [1.82, 2.24) is 0 Å². The highest BCUT2D eigenvalue weighted by molar-refractivity contribution is 7.96. The third kappa shape index (κ3) is 1.73. The molecule has 3 aromatic carbocycles. The summed E-state index contributed by atoms with van der Waals surface area (Å²) in [6.07, 6.45) is 0. The van der Waals surface area contributed by atoms with E-state index in [-0.39, 0.29) is 0 Å². The number of hydrogen-bond acceptors (Lipinski definition) is 0. The lowest BCUT2D eigenvalue weighted by atomic mass is 10.1. The van der Waals surface area contributed by atoms with Crippen LogP contribution in [0.3, 0.4) is 0 Å². The molecule has 1 aliphatic heterocycles. The lowest BCUT2D eigenvalue weighted by Crippen LogP contribution is -2.26. The van der Waals surface area contributed by atoms with Gasteiger partial charge in [0.25, 0.3) is 0 Å². The van der Waals surface area contributed by atoms with Gasteiger partial charge in [0.15, 0.2) is 0 Å². The van der Waals surface area contributed by atoms with E-state index in [9.17, 15) is 0 Å². The van der Waals surface area contributed by atoms with Crippen molar-refractivity contribution in [3.8, 4) is 11.1 Å². The lowest BCUT2D eigenvalue weighted by Gasteiger charge is -2.30. The van der Waals surface area contributed by atoms with E-state index in [2.05, 4.69) is 86.4 Å². The van der Waals surface area contributed by atoms with Gasteiger partial charge < -0.3 is 0 Å². The monoisotopic (exact) mass is 289 g/mol. The van der Waals surface area contributed by atoms with Crippen LogP contribution in [0, 0.1) is 6.92 Å². The topological polar surface area (TPSA) is 0 Å². The molecule has 0 spiro atoms. The van der Waals surface area contributed by atoms with Gasteiger partial charge in [-0.15, -0.1) is 0 Å². The second-order valence-corrected chi connectivity index (χ2v) is 9.37. The van der Waals surface area contributed by atoms with E-state index in [1.54, 1.807) is 0 Å². The molecular formula is C20H18P. The van der Waals surface area contributed by atoms with Crippen LogP contribution in [0.4, 0.5) is 0 Å². The van der Waals surface area contributed by atoms with Crippen LogP contribution in [0.25, 0.3) is 11.1 Å².